The van der Waals surface area contributed by atoms with Crippen LogP contribution in [0.4, 0.5) is 5.69 Å². The number of aromatic nitrogens is 2. The molecule has 0 aliphatic rings. The van der Waals surface area contributed by atoms with Gasteiger partial charge >= 0.3 is 0 Å². The standard InChI is InChI=1S/C21H18N4O/c1-26-19-10-6-17(7-11-19)24-20(22)15-4-8-18(9-5-15)25-14-12-16-3-2-13-23-21(16)25/h2-14H,1H3,(H2,22,24). The first-order valence-corrected chi connectivity index (χ1v) is 8.26. The maximum atomic E-state index is 6.16. The maximum Gasteiger partial charge on any atom is 0.144 e. The molecule has 4 aromatic rings. The van der Waals surface area contributed by atoms with Gasteiger partial charge in [0, 0.05) is 29.0 Å². The molecule has 0 aliphatic carbocycles. The zero-order valence-corrected chi connectivity index (χ0v) is 14.3. The second kappa shape index (κ2) is 6.72. The topological polar surface area (TPSA) is 65.4 Å². The van der Waals surface area contributed by atoms with E-state index < -0.39 is 0 Å². The van der Waals surface area contributed by atoms with E-state index in [-0.39, 0.29) is 0 Å². The molecular weight excluding hydrogens is 324 g/mol. The predicted octanol–water partition coefficient (Wildman–Crippen LogP) is 4.07. The van der Waals surface area contributed by atoms with E-state index in [1.807, 2.05) is 66.9 Å². The van der Waals surface area contributed by atoms with Crippen LogP contribution in [0, 0.1) is 0 Å². The fraction of sp³-hybridized carbons (Fsp3) is 0.0476. The molecule has 0 fully saturated rings. The number of hydrogen-bond donors (Lipinski definition) is 1. The molecule has 0 spiro atoms. The third kappa shape index (κ3) is 3.02. The van der Waals surface area contributed by atoms with E-state index in [9.17, 15) is 0 Å². The molecule has 0 saturated carbocycles. The smallest absolute Gasteiger partial charge is 0.144 e. The van der Waals surface area contributed by atoms with Crippen molar-refractivity contribution < 1.29 is 4.74 Å². The molecule has 2 aromatic heterocycles. The van der Waals surface area contributed by atoms with E-state index in [0.29, 0.717) is 5.84 Å². The van der Waals surface area contributed by atoms with Gasteiger partial charge in [-0.1, -0.05) is 0 Å². The van der Waals surface area contributed by atoms with Gasteiger partial charge in [0.2, 0.25) is 0 Å². The minimum atomic E-state index is 0.470. The number of methoxy groups -OCH3 is 1. The molecule has 5 heteroatoms. The summed E-state index contributed by atoms with van der Waals surface area (Å²) in [4.78, 5) is 8.92. The summed E-state index contributed by atoms with van der Waals surface area (Å²) in [5, 5.41) is 1.11. The number of benzene rings is 2. The zero-order valence-electron chi connectivity index (χ0n) is 14.3. The van der Waals surface area contributed by atoms with E-state index >= 15 is 0 Å². The molecule has 2 heterocycles. The second-order valence-electron chi connectivity index (χ2n) is 5.84. The third-order valence-electron chi connectivity index (χ3n) is 4.21. The van der Waals surface area contributed by atoms with Gasteiger partial charge in [-0.2, -0.15) is 0 Å². The van der Waals surface area contributed by atoms with Crippen LogP contribution in [0.3, 0.4) is 0 Å². The Hall–Kier alpha value is -3.60. The van der Waals surface area contributed by atoms with Crippen LogP contribution in [0.5, 0.6) is 5.75 Å². The lowest BCUT2D eigenvalue weighted by atomic mass is 10.2. The Morgan fingerprint density at radius 2 is 1.77 bits per heavy atom. The summed E-state index contributed by atoms with van der Waals surface area (Å²) in [6.07, 6.45) is 3.81. The average Bonchev–Trinajstić information content (AvgIpc) is 3.13. The first-order chi connectivity index (χ1) is 12.7. The molecule has 0 bridgehead atoms. The SMILES string of the molecule is COc1ccc(/N=C(\N)c2ccc(-n3ccc4cccnc43)cc2)cc1. The van der Waals surface area contributed by atoms with Gasteiger partial charge in [-0.25, -0.2) is 9.98 Å². The Bertz CT molecular complexity index is 1060. The van der Waals surface area contributed by atoms with E-state index in [1.165, 1.54) is 0 Å². The maximum absolute atomic E-state index is 6.16. The van der Waals surface area contributed by atoms with E-state index in [1.54, 1.807) is 13.3 Å². The minimum Gasteiger partial charge on any atom is -0.497 e. The van der Waals surface area contributed by atoms with Crippen molar-refractivity contribution in [3.8, 4) is 11.4 Å². The second-order valence-corrected chi connectivity index (χ2v) is 5.84. The molecule has 0 saturated heterocycles. The van der Waals surface area contributed by atoms with Crippen LogP contribution < -0.4 is 10.5 Å². The van der Waals surface area contributed by atoms with Crippen molar-refractivity contribution in [1.29, 1.82) is 0 Å². The fourth-order valence-electron chi connectivity index (χ4n) is 2.83. The molecule has 0 aliphatic heterocycles. The number of ether oxygens (including phenoxy) is 1. The summed E-state index contributed by atoms with van der Waals surface area (Å²) in [7, 11) is 1.64. The minimum absolute atomic E-state index is 0.470. The zero-order chi connectivity index (χ0) is 17.9. The first kappa shape index (κ1) is 15.9. The highest BCUT2D eigenvalue weighted by molar-refractivity contribution is 5.99. The van der Waals surface area contributed by atoms with Crippen molar-refractivity contribution in [3.05, 3.63) is 84.7 Å². The summed E-state index contributed by atoms with van der Waals surface area (Å²) in [6.45, 7) is 0. The molecule has 5 nitrogen and oxygen atoms in total. The molecule has 0 amide bonds. The van der Waals surface area contributed by atoms with Crippen molar-refractivity contribution in [2.75, 3.05) is 7.11 Å². The van der Waals surface area contributed by atoms with Crippen molar-refractivity contribution in [2.24, 2.45) is 10.7 Å². The summed E-state index contributed by atoms with van der Waals surface area (Å²) in [5.74, 6) is 1.26. The molecular formula is C21H18N4O. The Kier molecular flexibility index (Phi) is 4.11. The molecule has 4 rings (SSSR count). The number of aliphatic imine (C=N–C) groups is 1. The Balaban J connectivity index is 1.61. The number of amidine groups is 1. The molecule has 0 unspecified atom stereocenters. The Morgan fingerprint density at radius 3 is 2.50 bits per heavy atom. The van der Waals surface area contributed by atoms with Crippen molar-refractivity contribution in [3.63, 3.8) is 0 Å². The van der Waals surface area contributed by atoms with Crippen LogP contribution in [0.2, 0.25) is 0 Å². The molecule has 26 heavy (non-hydrogen) atoms. The van der Waals surface area contributed by atoms with Crippen LogP contribution in [-0.2, 0) is 0 Å². The number of nitrogens with two attached hydrogens (primary N) is 1. The normalized spacial score (nSPS) is 11.7. The van der Waals surface area contributed by atoms with Gasteiger partial charge in [-0.3, -0.25) is 0 Å². The lowest BCUT2D eigenvalue weighted by Gasteiger charge is -2.07. The monoisotopic (exact) mass is 342 g/mol. The van der Waals surface area contributed by atoms with Gasteiger partial charge in [0.05, 0.1) is 12.8 Å². The van der Waals surface area contributed by atoms with Crippen LogP contribution >= 0.6 is 0 Å². The highest BCUT2D eigenvalue weighted by Gasteiger charge is 2.05. The lowest BCUT2D eigenvalue weighted by molar-refractivity contribution is 0.415. The molecule has 0 radical (unpaired) electrons. The number of hydrogen-bond acceptors (Lipinski definition) is 3. The number of nitrogens with zero attached hydrogens (tertiary/aromatic N) is 3. The highest BCUT2D eigenvalue weighted by Crippen LogP contribution is 2.20. The van der Waals surface area contributed by atoms with E-state index in [4.69, 9.17) is 10.5 Å². The number of rotatable bonds is 4. The summed E-state index contributed by atoms with van der Waals surface area (Å²) >= 11 is 0. The van der Waals surface area contributed by atoms with E-state index in [2.05, 4.69) is 20.6 Å². The van der Waals surface area contributed by atoms with Gasteiger partial charge in [-0.15, -0.1) is 0 Å². The Morgan fingerprint density at radius 1 is 1.00 bits per heavy atom. The average molecular weight is 342 g/mol. The summed E-state index contributed by atoms with van der Waals surface area (Å²) < 4.78 is 7.20. The number of pyridine rings is 1. The molecule has 128 valence electrons. The van der Waals surface area contributed by atoms with Crippen molar-refractivity contribution >= 4 is 22.6 Å². The predicted molar refractivity (Wildman–Crippen MR) is 104 cm³/mol. The fourth-order valence-corrected chi connectivity index (χ4v) is 2.83. The lowest BCUT2D eigenvalue weighted by Crippen LogP contribution is -2.12. The van der Waals surface area contributed by atoms with E-state index in [0.717, 1.165) is 33.7 Å². The van der Waals surface area contributed by atoms with Crippen molar-refractivity contribution in [2.45, 2.75) is 0 Å². The Labute approximate surface area is 151 Å². The van der Waals surface area contributed by atoms with Crippen LogP contribution in [-0.4, -0.2) is 22.5 Å². The third-order valence-corrected chi connectivity index (χ3v) is 4.21. The van der Waals surface area contributed by atoms with Crippen LogP contribution in [0.25, 0.3) is 16.7 Å². The summed E-state index contributed by atoms with van der Waals surface area (Å²) in [5.41, 5.74) is 9.77. The van der Waals surface area contributed by atoms with Crippen LogP contribution in [0.1, 0.15) is 5.56 Å². The largest absolute Gasteiger partial charge is 0.497 e. The van der Waals surface area contributed by atoms with Crippen molar-refractivity contribution in [1.82, 2.24) is 9.55 Å². The molecule has 0 atom stereocenters. The summed E-state index contributed by atoms with van der Waals surface area (Å²) in [6, 6.07) is 21.5. The molecule has 2 N–H and O–H groups in total. The van der Waals surface area contributed by atoms with Gasteiger partial charge in [-0.05, 0) is 66.7 Å². The molecule has 2 aromatic carbocycles. The quantitative estimate of drug-likeness (QED) is 0.449. The first-order valence-electron chi connectivity index (χ1n) is 8.26. The van der Waals surface area contributed by atoms with Gasteiger partial charge in [0.15, 0.2) is 0 Å². The van der Waals surface area contributed by atoms with Gasteiger partial charge in [0.1, 0.15) is 17.2 Å². The van der Waals surface area contributed by atoms with Gasteiger partial charge in [0.25, 0.3) is 0 Å². The number of fused-ring (bicyclic) bond motifs is 1. The van der Waals surface area contributed by atoms with Gasteiger partial charge < -0.3 is 15.0 Å². The van der Waals surface area contributed by atoms with Crippen LogP contribution in [0.15, 0.2) is 84.1 Å². The highest BCUT2D eigenvalue weighted by atomic mass is 16.5.